The van der Waals surface area contributed by atoms with E-state index in [0.29, 0.717) is 23.7 Å². The highest BCUT2D eigenvalue weighted by Gasteiger charge is 2.18. The number of urea groups is 1. The second-order valence-electron chi connectivity index (χ2n) is 6.39. The Bertz CT molecular complexity index is 913. The molecule has 2 aromatic carbocycles. The highest BCUT2D eigenvalue weighted by molar-refractivity contribution is 5.91. The van der Waals surface area contributed by atoms with E-state index in [9.17, 15) is 9.18 Å². The molecule has 0 bridgehead atoms. The quantitative estimate of drug-likeness (QED) is 0.624. The Morgan fingerprint density at radius 2 is 1.96 bits per heavy atom. The van der Waals surface area contributed by atoms with E-state index in [0.717, 1.165) is 5.76 Å². The molecule has 0 spiro atoms. The molecule has 3 aromatic rings. The topological polar surface area (TPSA) is 66.7 Å². The van der Waals surface area contributed by atoms with Crippen molar-refractivity contribution in [2.24, 2.45) is 0 Å². The van der Waals surface area contributed by atoms with Gasteiger partial charge in [-0.25, -0.2) is 9.18 Å². The van der Waals surface area contributed by atoms with E-state index in [1.54, 1.807) is 42.7 Å². The Labute approximate surface area is 162 Å². The summed E-state index contributed by atoms with van der Waals surface area (Å²) < 4.78 is 24.5. The van der Waals surface area contributed by atoms with Crippen molar-refractivity contribution in [3.8, 4) is 11.5 Å². The van der Waals surface area contributed by atoms with Crippen LogP contribution in [-0.2, 0) is 0 Å². The minimum atomic E-state index is -0.395. The Morgan fingerprint density at radius 1 is 1.14 bits per heavy atom. The van der Waals surface area contributed by atoms with Crippen LogP contribution in [0.2, 0.25) is 0 Å². The van der Waals surface area contributed by atoms with Crippen LogP contribution >= 0.6 is 0 Å². The molecule has 2 N–H and O–H groups in total. The Kier molecular flexibility index (Phi) is 6.29. The highest BCUT2D eigenvalue weighted by atomic mass is 19.1. The van der Waals surface area contributed by atoms with E-state index >= 15 is 0 Å². The number of nitrogens with zero attached hydrogens (tertiary/aromatic N) is 1. The van der Waals surface area contributed by atoms with Crippen molar-refractivity contribution in [2.75, 3.05) is 26.0 Å². The number of likely N-dealkylation sites (N-methyl/N-ethyl adjacent to an activating group) is 1. The van der Waals surface area contributed by atoms with Gasteiger partial charge in [0.1, 0.15) is 17.3 Å². The minimum Gasteiger partial charge on any atom is -0.468 e. The molecule has 0 radical (unpaired) electrons. The van der Waals surface area contributed by atoms with E-state index in [2.05, 4.69) is 10.6 Å². The number of rotatable bonds is 7. The maximum absolute atomic E-state index is 13.4. The van der Waals surface area contributed by atoms with Crippen molar-refractivity contribution in [1.29, 1.82) is 0 Å². The molecule has 28 heavy (non-hydrogen) atoms. The summed E-state index contributed by atoms with van der Waals surface area (Å²) in [7, 11) is 3.82. The fourth-order valence-corrected chi connectivity index (χ4v) is 2.69. The number of furan rings is 1. The fourth-order valence-electron chi connectivity index (χ4n) is 2.69. The molecule has 1 unspecified atom stereocenters. The van der Waals surface area contributed by atoms with Crippen molar-refractivity contribution < 1.29 is 18.3 Å². The van der Waals surface area contributed by atoms with Gasteiger partial charge in [0.2, 0.25) is 0 Å². The van der Waals surface area contributed by atoms with Gasteiger partial charge < -0.3 is 19.8 Å². The number of amides is 2. The predicted octanol–water partition coefficient (Wildman–Crippen LogP) is 4.64. The number of anilines is 1. The zero-order valence-electron chi connectivity index (χ0n) is 15.7. The Morgan fingerprint density at radius 3 is 2.68 bits per heavy atom. The smallest absolute Gasteiger partial charge is 0.319 e. The number of carbonyl (C=O) groups excluding carboxylic acids is 1. The number of halogens is 1. The van der Waals surface area contributed by atoms with E-state index < -0.39 is 5.82 Å². The van der Waals surface area contributed by atoms with Crippen LogP contribution in [0.25, 0.3) is 0 Å². The van der Waals surface area contributed by atoms with Crippen molar-refractivity contribution in [3.05, 3.63) is 78.5 Å². The summed E-state index contributed by atoms with van der Waals surface area (Å²) in [5.74, 6) is 1.13. The second-order valence-corrected chi connectivity index (χ2v) is 6.39. The van der Waals surface area contributed by atoms with Crippen LogP contribution in [0.15, 0.2) is 71.3 Å². The largest absolute Gasteiger partial charge is 0.468 e. The van der Waals surface area contributed by atoms with Gasteiger partial charge in [0.05, 0.1) is 18.0 Å². The summed E-state index contributed by atoms with van der Waals surface area (Å²) >= 11 is 0. The number of hydrogen-bond donors (Lipinski definition) is 2. The summed E-state index contributed by atoms with van der Waals surface area (Å²) in [4.78, 5) is 14.3. The van der Waals surface area contributed by atoms with Crippen LogP contribution in [0, 0.1) is 5.82 Å². The molecule has 0 aliphatic rings. The molecule has 6 nitrogen and oxygen atoms in total. The first-order valence-corrected chi connectivity index (χ1v) is 8.80. The van der Waals surface area contributed by atoms with Gasteiger partial charge in [-0.05, 0) is 50.5 Å². The van der Waals surface area contributed by atoms with Crippen molar-refractivity contribution in [1.82, 2.24) is 10.2 Å². The molecule has 146 valence electrons. The van der Waals surface area contributed by atoms with Gasteiger partial charge in [0, 0.05) is 12.6 Å². The summed E-state index contributed by atoms with van der Waals surface area (Å²) in [6.07, 6.45) is 1.60. The average Bonchev–Trinajstić information content (AvgIpc) is 3.17. The van der Waals surface area contributed by atoms with Crippen molar-refractivity contribution in [2.45, 2.75) is 6.04 Å². The molecular formula is C21H22FN3O3. The first-order valence-electron chi connectivity index (χ1n) is 8.80. The lowest BCUT2D eigenvalue weighted by molar-refractivity contribution is 0.233. The standard InChI is InChI=1S/C21H22FN3O3/c1-25(2)18(20-11-6-12-27-20)14-23-21(26)24-17-9-3-4-10-19(17)28-16-8-5-7-15(22)13-16/h3-13,18H,14H2,1-2H3,(H2,23,24,26). The van der Waals surface area contributed by atoms with Crippen LogP contribution in [0.5, 0.6) is 11.5 Å². The van der Waals surface area contributed by atoms with Gasteiger partial charge in [-0.3, -0.25) is 4.90 Å². The van der Waals surface area contributed by atoms with Gasteiger partial charge in [0.15, 0.2) is 5.75 Å². The molecule has 7 heteroatoms. The van der Waals surface area contributed by atoms with Crippen molar-refractivity contribution in [3.63, 3.8) is 0 Å². The van der Waals surface area contributed by atoms with Gasteiger partial charge in [-0.2, -0.15) is 0 Å². The number of benzene rings is 2. The molecule has 1 atom stereocenters. The third kappa shape index (κ3) is 5.11. The number of ether oxygens (including phenoxy) is 1. The number of hydrogen-bond acceptors (Lipinski definition) is 4. The molecule has 1 aromatic heterocycles. The number of para-hydroxylation sites is 2. The summed E-state index contributed by atoms with van der Waals surface area (Å²) in [6, 6.07) is 16.0. The zero-order valence-corrected chi connectivity index (χ0v) is 15.7. The molecule has 0 aliphatic heterocycles. The third-order valence-electron chi connectivity index (χ3n) is 4.11. The normalized spacial score (nSPS) is 11.9. The van der Waals surface area contributed by atoms with E-state index in [1.165, 1.54) is 12.1 Å². The van der Waals surface area contributed by atoms with Crippen molar-refractivity contribution >= 4 is 11.7 Å². The van der Waals surface area contributed by atoms with Gasteiger partial charge in [0.25, 0.3) is 0 Å². The monoisotopic (exact) mass is 383 g/mol. The molecular weight excluding hydrogens is 361 g/mol. The fraction of sp³-hybridized carbons (Fsp3) is 0.190. The lowest BCUT2D eigenvalue weighted by atomic mass is 10.2. The van der Waals surface area contributed by atoms with Gasteiger partial charge >= 0.3 is 6.03 Å². The Balaban J connectivity index is 1.64. The van der Waals surface area contributed by atoms with Crippen LogP contribution in [0.3, 0.4) is 0 Å². The maximum atomic E-state index is 13.4. The number of carbonyl (C=O) groups is 1. The van der Waals surface area contributed by atoms with E-state index in [-0.39, 0.29) is 12.1 Å². The van der Waals surface area contributed by atoms with E-state index in [1.807, 2.05) is 31.1 Å². The molecule has 1 heterocycles. The average molecular weight is 383 g/mol. The van der Waals surface area contributed by atoms with E-state index in [4.69, 9.17) is 9.15 Å². The second kappa shape index (κ2) is 9.05. The summed E-state index contributed by atoms with van der Waals surface area (Å²) in [5, 5.41) is 5.60. The van der Waals surface area contributed by atoms with Crippen LogP contribution in [0.1, 0.15) is 11.8 Å². The minimum absolute atomic E-state index is 0.0977. The molecule has 0 saturated heterocycles. The van der Waals surface area contributed by atoms with Crippen LogP contribution in [0.4, 0.5) is 14.9 Å². The summed E-state index contributed by atoms with van der Waals surface area (Å²) in [6.45, 7) is 0.360. The SMILES string of the molecule is CN(C)C(CNC(=O)Nc1ccccc1Oc1cccc(F)c1)c1ccco1. The zero-order chi connectivity index (χ0) is 19.9. The maximum Gasteiger partial charge on any atom is 0.319 e. The van der Waals surface area contributed by atoms with Gasteiger partial charge in [-0.1, -0.05) is 18.2 Å². The predicted molar refractivity (Wildman–Crippen MR) is 105 cm³/mol. The summed E-state index contributed by atoms with van der Waals surface area (Å²) in [5.41, 5.74) is 0.476. The van der Waals surface area contributed by atoms with Gasteiger partial charge in [-0.15, -0.1) is 0 Å². The lowest BCUT2D eigenvalue weighted by Crippen LogP contribution is -2.36. The number of nitrogens with one attached hydrogen (secondary N) is 2. The molecule has 2 amide bonds. The Hall–Kier alpha value is -3.32. The highest BCUT2D eigenvalue weighted by Crippen LogP contribution is 2.29. The molecule has 0 fully saturated rings. The first kappa shape index (κ1) is 19.4. The van der Waals surface area contributed by atoms with Crippen LogP contribution in [-0.4, -0.2) is 31.6 Å². The van der Waals surface area contributed by atoms with Crippen LogP contribution < -0.4 is 15.4 Å². The first-order chi connectivity index (χ1) is 13.5. The lowest BCUT2D eigenvalue weighted by Gasteiger charge is -2.22. The molecule has 3 rings (SSSR count). The third-order valence-corrected chi connectivity index (χ3v) is 4.11. The molecule has 0 saturated carbocycles. The molecule has 0 aliphatic carbocycles.